The third-order valence-corrected chi connectivity index (χ3v) is 2.99. The van der Waals surface area contributed by atoms with Gasteiger partial charge in [0, 0.05) is 24.2 Å². The molecule has 2 aromatic rings. The molecule has 104 valence electrons. The summed E-state index contributed by atoms with van der Waals surface area (Å²) in [6, 6.07) is 7.58. The van der Waals surface area contributed by atoms with E-state index in [0.29, 0.717) is 11.3 Å². The standard InChI is InChI=1S/C13H10ClFN2O3/c14-11-6-10(17(19)20)2-3-12(11)16-7-8-5-9(15)1-4-13(8)18/h1-6,16,18H,7H2. The smallest absolute Gasteiger partial charge is 0.271 e. The van der Waals surface area contributed by atoms with E-state index >= 15 is 0 Å². The third kappa shape index (κ3) is 3.16. The van der Waals surface area contributed by atoms with E-state index < -0.39 is 10.7 Å². The summed E-state index contributed by atoms with van der Waals surface area (Å²) in [5.74, 6) is -0.508. The molecule has 0 atom stereocenters. The number of benzene rings is 2. The lowest BCUT2D eigenvalue weighted by atomic mass is 10.2. The summed E-state index contributed by atoms with van der Waals surface area (Å²) in [5.41, 5.74) is 0.703. The Morgan fingerprint density at radius 3 is 2.70 bits per heavy atom. The van der Waals surface area contributed by atoms with Crippen LogP contribution in [0.15, 0.2) is 36.4 Å². The number of phenolic OH excluding ortho intramolecular Hbond substituents is 1. The van der Waals surface area contributed by atoms with Crippen molar-refractivity contribution in [3.05, 3.63) is 62.9 Å². The Bertz CT molecular complexity index is 664. The molecular weight excluding hydrogens is 287 g/mol. The Morgan fingerprint density at radius 2 is 2.05 bits per heavy atom. The zero-order valence-electron chi connectivity index (χ0n) is 10.1. The number of anilines is 1. The van der Waals surface area contributed by atoms with Gasteiger partial charge < -0.3 is 10.4 Å². The number of halogens is 2. The molecule has 0 saturated heterocycles. The van der Waals surface area contributed by atoms with Crippen LogP contribution in [0.25, 0.3) is 0 Å². The quantitative estimate of drug-likeness (QED) is 0.666. The Balaban J connectivity index is 2.15. The van der Waals surface area contributed by atoms with Gasteiger partial charge in [-0.2, -0.15) is 0 Å². The largest absolute Gasteiger partial charge is 0.508 e. The van der Waals surface area contributed by atoms with Crippen molar-refractivity contribution in [1.29, 1.82) is 0 Å². The summed E-state index contributed by atoms with van der Waals surface area (Å²) < 4.78 is 13.1. The maximum Gasteiger partial charge on any atom is 0.271 e. The first kappa shape index (κ1) is 14.1. The predicted molar refractivity (Wildman–Crippen MR) is 73.5 cm³/mol. The van der Waals surface area contributed by atoms with Crippen molar-refractivity contribution in [3.63, 3.8) is 0 Å². The van der Waals surface area contributed by atoms with Crippen molar-refractivity contribution in [2.24, 2.45) is 0 Å². The molecule has 0 saturated carbocycles. The van der Waals surface area contributed by atoms with E-state index in [0.717, 1.165) is 6.07 Å². The van der Waals surface area contributed by atoms with Gasteiger partial charge in [0.25, 0.3) is 5.69 Å². The fraction of sp³-hybridized carbons (Fsp3) is 0.0769. The number of rotatable bonds is 4. The fourth-order valence-electron chi connectivity index (χ4n) is 1.65. The van der Waals surface area contributed by atoms with Crippen LogP contribution >= 0.6 is 11.6 Å². The minimum Gasteiger partial charge on any atom is -0.508 e. The molecule has 0 amide bonds. The minimum absolute atomic E-state index is 0.0445. The van der Waals surface area contributed by atoms with Crippen LogP contribution in [0.3, 0.4) is 0 Å². The van der Waals surface area contributed by atoms with E-state index in [4.69, 9.17) is 11.6 Å². The summed E-state index contributed by atoms with van der Waals surface area (Å²) in [4.78, 5) is 10.0. The van der Waals surface area contributed by atoms with Gasteiger partial charge >= 0.3 is 0 Å². The first-order chi connectivity index (χ1) is 9.47. The van der Waals surface area contributed by atoms with Gasteiger partial charge in [0.05, 0.1) is 15.6 Å². The molecule has 0 bridgehead atoms. The second kappa shape index (κ2) is 5.75. The van der Waals surface area contributed by atoms with E-state index in [2.05, 4.69) is 5.32 Å². The molecule has 7 heteroatoms. The van der Waals surface area contributed by atoms with Crippen molar-refractivity contribution in [1.82, 2.24) is 0 Å². The highest BCUT2D eigenvalue weighted by atomic mass is 35.5. The first-order valence-electron chi connectivity index (χ1n) is 5.62. The number of phenols is 1. The normalized spacial score (nSPS) is 10.3. The van der Waals surface area contributed by atoms with Crippen molar-refractivity contribution in [2.75, 3.05) is 5.32 Å². The van der Waals surface area contributed by atoms with E-state index in [9.17, 15) is 19.6 Å². The van der Waals surface area contributed by atoms with Gasteiger partial charge in [-0.05, 0) is 24.3 Å². The Kier molecular flexibility index (Phi) is 4.05. The predicted octanol–water partition coefficient (Wildman–Crippen LogP) is 3.71. The van der Waals surface area contributed by atoms with Gasteiger partial charge in [-0.3, -0.25) is 10.1 Å². The van der Waals surface area contributed by atoms with Crippen LogP contribution in [0.5, 0.6) is 5.75 Å². The molecule has 0 aliphatic rings. The molecular formula is C13H10ClFN2O3. The highest BCUT2D eigenvalue weighted by Gasteiger charge is 2.10. The molecule has 0 radical (unpaired) electrons. The Labute approximate surface area is 118 Å². The van der Waals surface area contributed by atoms with Crippen LogP contribution in [-0.4, -0.2) is 10.0 Å². The second-order valence-electron chi connectivity index (χ2n) is 4.05. The van der Waals surface area contributed by atoms with E-state index in [1.54, 1.807) is 0 Å². The van der Waals surface area contributed by atoms with E-state index in [-0.39, 0.29) is 23.0 Å². The average Bonchev–Trinajstić information content (AvgIpc) is 2.40. The highest BCUT2D eigenvalue weighted by molar-refractivity contribution is 6.33. The van der Waals surface area contributed by atoms with Crippen LogP contribution in [0, 0.1) is 15.9 Å². The van der Waals surface area contributed by atoms with Crippen LogP contribution in [0.4, 0.5) is 15.8 Å². The molecule has 2 rings (SSSR count). The average molecular weight is 297 g/mol. The first-order valence-corrected chi connectivity index (χ1v) is 6.00. The van der Waals surface area contributed by atoms with Gasteiger partial charge in [0.1, 0.15) is 11.6 Å². The van der Waals surface area contributed by atoms with Gasteiger partial charge in [0.15, 0.2) is 0 Å². The van der Waals surface area contributed by atoms with Gasteiger partial charge in [0.2, 0.25) is 0 Å². The summed E-state index contributed by atoms with van der Waals surface area (Å²) in [7, 11) is 0. The molecule has 0 aliphatic carbocycles. The summed E-state index contributed by atoms with van der Waals surface area (Å²) in [6.07, 6.45) is 0. The topological polar surface area (TPSA) is 75.4 Å². The maximum atomic E-state index is 13.1. The van der Waals surface area contributed by atoms with Gasteiger partial charge in [-0.1, -0.05) is 11.6 Å². The molecule has 2 aromatic carbocycles. The third-order valence-electron chi connectivity index (χ3n) is 2.67. The molecule has 0 aliphatic heterocycles. The summed E-state index contributed by atoms with van der Waals surface area (Å²) in [6.45, 7) is 0.140. The number of nitro benzene ring substituents is 1. The summed E-state index contributed by atoms with van der Waals surface area (Å²) in [5, 5.41) is 23.2. The maximum absolute atomic E-state index is 13.1. The van der Waals surface area contributed by atoms with Crippen molar-refractivity contribution >= 4 is 23.0 Å². The van der Waals surface area contributed by atoms with Crippen LogP contribution in [0.2, 0.25) is 5.02 Å². The van der Waals surface area contributed by atoms with Crippen molar-refractivity contribution in [2.45, 2.75) is 6.54 Å². The lowest BCUT2D eigenvalue weighted by molar-refractivity contribution is -0.384. The molecule has 0 unspecified atom stereocenters. The van der Waals surface area contributed by atoms with Crippen LogP contribution in [0.1, 0.15) is 5.56 Å². The number of nitro groups is 1. The molecule has 2 N–H and O–H groups in total. The molecule has 0 spiro atoms. The number of hydrogen-bond acceptors (Lipinski definition) is 4. The van der Waals surface area contributed by atoms with Crippen LogP contribution < -0.4 is 5.32 Å². The monoisotopic (exact) mass is 296 g/mol. The fourth-order valence-corrected chi connectivity index (χ4v) is 1.89. The lowest BCUT2D eigenvalue weighted by Gasteiger charge is -2.09. The van der Waals surface area contributed by atoms with Crippen molar-refractivity contribution in [3.8, 4) is 5.75 Å². The Hall–Kier alpha value is -2.34. The minimum atomic E-state index is -0.548. The number of hydrogen-bond donors (Lipinski definition) is 2. The highest BCUT2D eigenvalue weighted by Crippen LogP contribution is 2.28. The SMILES string of the molecule is O=[N+]([O-])c1ccc(NCc2cc(F)ccc2O)c(Cl)c1. The molecule has 5 nitrogen and oxygen atoms in total. The number of non-ortho nitro benzene ring substituents is 1. The lowest BCUT2D eigenvalue weighted by Crippen LogP contribution is -2.01. The molecule has 20 heavy (non-hydrogen) atoms. The molecule has 0 aromatic heterocycles. The summed E-state index contributed by atoms with van der Waals surface area (Å²) >= 11 is 5.91. The second-order valence-corrected chi connectivity index (χ2v) is 4.46. The van der Waals surface area contributed by atoms with Gasteiger partial charge in [-0.15, -0.1) is 0 Å². The number of aromatic hydroxyl groups is 1. The zero-order chi connectivity index (χ0) is 14.7. The van der Waals surface area contributed by atoms with Gasteiger partial charge in [-0.25, -0.2) is 4.39 Å². The van der Waals surface area contributed by atoms with E-state index in [1.807, 2.05) is 0 Å². The van der Waals surface area contributed by atoms with E-state index in [1.165, 1.54) is 30.3 Å². The van der Waals surface area contributed by atoms with Crippen molar-refractivity contribution < 1.29 is 14.4 Å². The van der Waals surface area contributed by atoms with Crippen LogP contribution in [-0.2, 0) is 6.54 Å². The molecule has 0 heterocycles. The molecule has 0 fully saturated rings. The number of nitrogens with one attached hydrogen (secondary N) is 1. The zero-order valence-corrected chi connectivity index (χ0v) is 10.9. The number of nitrogens with zero attached hydrogens (tertiary/aromatic N) is 1. The Morgan fingerprint density at radius 1 is 1.30 bits per heavy atom.